The van der Waals surface area contributed by atoms with E-state index in [0.29, 0.717) is 19.1 Å². The Hall–Kier alpha value is -0.980. The van der Waals surface area contributed by atoms with Crippen LogP contribution in [-0.2, 0) is 21.5 Å². The number of morpholine rings is 1. The van der Waals surface area contributed by atoms with Gasteiger partial charge in [0.15, 0.2) is 0 Å². The zero-order chi connectivity index (χ0) is 13.8. The predicted octanol–water partition coefficient (Wildman–Crippen LogP) is 1.41. The summed E-state index contributed by atoms with van der Waals surface area (Å²) in [5.74, 6) is 1.40. The fourth-order valence-corrected chi connectivity index (χ4v) is 3.14. The molecule has 1 aromatic heterocycles. The minimum atomic E-state index is -0.313. The Labute approximate surface area is 119 Å². The van der Waals surface area contributed by atoms with Crippen molar-refractivity contribution >= 4 is 0 Å². The van der Waals surface area contributed by atoms with Crippen LogP contribution in [0.4, 0.5) is 0 Å². The second-order valence-electron chi connectivity index (χ2n) is 5.58. The molecule has 6 heteroatoms. The molecule has 1 saturated carbocycles. The monoisotopic (exact) mass is 281 g/mol. The molecule has 3 rings (SSSR count). The van der Waals surface area contributed by atoms with E-state index in [-0.39, 0.29) is 11.6 Å². The van der Waals surface area contributed by atoms with Gasteiger partial charge in [0.05, 0.1) is 13.2 Å². The van der Waals surface area contributed by atoms with Crippen LogP contribution in [0.15, 0.2) is 4.52 Å². The van der Waals surface area contributed by atoms with Crippen LogP contribution < -0.4 is 5.32 Å². The summed E-state index contributed by atoms with van der Waals surface area (Å²) in [6.45, 7) is 5.06. The summed E-state index contributed by atoms with van der Waals surface area (Å²) in [4.78, 5) is 4.58. The third kappa shape index (κ3) is 2.87. The third-order valence-electron chi connectivity index (χ3n) is 4.13. The number of hydrogen-bond donors (Lipinski definition) is 1. The van der Waals surface area contributed by atoms with Gasteiger partial charge in [-0.3, -0.25) is 0 Å². The number of ether oxygens (including phenoxy) is 2. The number of nitrogens with zero attached hydrogens (tertiary/aromatic N) is 2. The number of aromatic nitrogens is 2. The topological polar surface area (TPSA) is 69.4 Å². The van der Waals surface area contributed by atoms with E-state index in [1.165, 1.54) is 12.8 Å². The summed E-state index contributed by atoms with van der Waals surface area (Å²) in [6, 6.07) is 0.267. The maximum absolute atomic E-state index is 5.95. The molecule has 1 saturated heterocycles. The molecule has 1 aliphatic heterocycles. The molecule has 1 unspecified atom stereocenters. The molecule has 2 aliphatic rings. The van der Waals surface area contributed by atoms with Gasteiger partial charge in [0.1, 0.15) is 5.60 Å². The Morgan fingerprint density at radius 2 is 2.25 bits per heavy atom. The molecule has 1 aromatic rings. The van der Waals surface area contributed by atoms with E-state index in [4.69, 9.17) is 14.0 Å². The van der Waals surface area contributed by atoms with Crippen LogP contribution in [0.25, 0.3) is 0 Å². The lowest BCUT2D eigenvalue weighted by Gasteiger charge is -2.24. The first kappa shape index (κ1) is 14.0. The van der Waals surface area contributed by atoms with E-state index in [0.717, 1.165) is 38.2 Å². The van der Waals surface area contributed by atoms with Crippen molar-refractivity contribution in [2.75, 3.05) is 26.4 Å². The van der Waals surface area contributed by atoms with Crippen molar-refractivity contribution < 1.29 is 14.0 Å². The molecular formula is C14H23N3O3. The zero-order valence-electron chi connectivity index (χ0n) is 12.1. The Bertz CT molecular complexity index is 423. The maximum atomic E-state index is 5.95. The molecule has 20 heavy (non-hydrogen) atoms. The molecule has 0 radical (unpaired) electrons. The van der Waals surface area contributed by atoms with Gasteiger partial charge in [-0.2, -0.15) is 4.98 Å². The summed E-state index contributed by atoms with van der Waals surface area (Å²) in [7, 11) is 0. The van der Waals surface area contributed by atoms with Gasteiger partial charge in [-0.05, 0) is 32.6 Å². The number of rotatable bonds is 5. The van der Waals surface area contributed by atoms with Crippen molar-refractivity contribution in [3.05, 3.63) is 11.7 Å². The van der Waals surface area contributed by atoms with Gasteiger partial charge in [0.2, 0.25) is 11.7 Å². The SMILES string of the molecule is CCOC1(c2noc(CC3COCCN3)n2)CCCC1. The minimum Gasteiger partial charge on any atom is -0.378 e. The molecule has 0 aromatic carbocycles. The molecule has 0 amide bonds. The van der Waals surface area contributed by atoms with Gasteiger partial charge in [-0.1, -0.05) is 5.16 Å². The molecule has 0 bridgehead atoms. The fraction of sp³-hybridized carbons (Fsp3) is 0.857. The second-order valence-corrected chi connectivity index (χ2v) is 5.58. The van der Waals surface area contributed by atoms with Crippen LogP contribution >= 0.6 is 0 Å². The highest BCUT2D eigenvalue weighted by Crippen LogP contribution is 2.40. The summed E-state index contributed by atoms with van der Waals surface area (Å²) >= 11 is 0. The predicted molar refractivity (Wildman–Crippen MR) is 72.4 cm³/mol. The highest BCUT2D eigenvalue weighted by molar-refractivity contribution is 5.05. The van der Waals surface area contributed by atoms with E-state index in [1.807, 2.05) is 6.92 Å². The molecular weight excluding hydrogens is 258 g/mol. The zero-order valence-corrected chi connectivity index (χ0v) is 12.1. The molecule has 2 fully saturated rings. The van der Waals surface area contributed by atoms with Crippen LogP contribution in [0.3, 0.4) is 0 Å². The Morgan fingerprint density at radius 3 is 2.95 bits per heavy atom. The van der Waals surface area contributed by atoms with Gasteiger partial charge in [-0.25, -0.2) is 0 Å². The van der Waals surface area contributed by atoms with Crippen molar-refractivity contribution in [1.29, 1.82) is 0 Å². The Morgan fingerprint density at radius 1 is 1.40 bits per heavy atom. The van der Waals surface area contributed by atoms with Crippen molar-refractivity contribution in [3.63, 3.8) is 0 Å². The summed E-state index contributed by atoms with van der Waals surface area (Å²) in [5, 5.41) is 7.57. The third-order valence-corrected chi connectivity index (χ3v) is 4.13. The van der Waals surface area contributed by atoms with Gasteiger partial charge < -0.3 is 19.3 Å². The fourth-order valence-electron chi connectivity index (χ4n) is 3.14. The standard InChI is InChI=1S/C14H23N3O3/c1-2-19-14(5-3-4-6-14)13-16-12(20-17-13)9-11-10-18-8-7-15-11/h11,15H,2-10H2,1H3. The van der Waals surface area contributed by atoms with Crippen molar-refractivity contribution in [2.24, 2.45) is 0 Å². The van der Waals surface area contributed by atoms with E-state index in [1.54, 1.807) is 0 Å². The van der Waals surface area contributed by atoms with Crippen LogP contribution in [0.5, 0.6) is 0 Å². The molecule has 1 atom stereocenters. The number of nitrogens with one attached hydrogen (secondary N) is 1. The minimum absolute atomic E-state index is 0.267. The number of hydrogen-bond acceptors (Lipinski definition) is 6. The van der Waals surface area contributed by atoms with Crippen molar-refractivity contribution in [2.45, 2.75) is 50.7 Å². The average Bonchev–Trinajstić information content (AvgIpc) is 3.10. The Balaban J connectivity index is 1.68. The van der Waals surface area contributed by atoms with Crippen molar-refractivity contribution in [3.8, 4) is 0 Å². The molecule has 1 N–H and O–H groups in total. The van der Waals surface area contributed by atoms with Crippen LogP contribution in [0.1, 0.15) is 44.3 Å². The van der Waals surface area contributed by atoms with Gasteiger partial charge >= 0.3 is 0 Å². The van der Waals surface area contributed by atoms with Gasteiger partial charge in [0, 0.05) is 25.6 Å². The average molecular weight is 281 g/mol. The summed E-state index contributed by atoms with van der Waals surface area (Å²) in [5.41, 5.74) is -0.313. The van der Waals surface area contributed by atoms with E-state index in [9.17, 15) is 0 Å². The van der Waals surface area contributed by atoms with Gasteiger partial charge in [0.25, 0.3) is 0 Å². The Kier molecular flexibility index (Phi) is 4.33. The highest BCUT2D eigenvalue weighted by Gasteiger charge is 2.40. The molecule has 6 nitrogen and oxygen atoms in total. The van der Waals surface area contributed by atoms with Crippen molar-refractivity contribution in [1.82, 2.24) is 15.5 Å². The van der Waals surface area contributed by atoms with Crippen LogP contribution in [0, 0.1) is 0 Å². The first-order valence-corrected chi connectivity index (χ1v) is 7.60. The first-order chi connectivity index (χ1) is 9.82. The lowest BCUT2D eigenvalue weighted by molar-refractivity contribution is -0.0469. The van der Waals surface area contributed by atoms with Crippen LogP contribution in [-0.4, -0.2) is 42.5 Å². The lowest BCUT2D eigenvalue weighted by atomic mass is 10.0. The van der Waals surface area contributed by atoms with Gasteiger partial charge in [-0.15, -0.1) is 0 Å². The van der Waals surface area contributed by atoms with E-state index in [2.05, 4.69) is 15.5 Å². The largest absolute Gasteiger partial charge is 0.378 e. The van der Waals surface area contributed by atoms with E-state index < -0.39 is 0 Å². The summed E-state index contributed by atoms with van der Waals surface area (Å²) < 4.78 is 16.8. The molecule has 112 valence electrons. The normalized spacial score (nSPS) is 25.9. The molecule has 2 heterocycles. The maximum Gasteiger partial charge on any atom is 0.228 e. The first-order valence-electron chi connectivity index (χ1n) is 7.60. The summed E-state index contributed by atoms with van der Waals surface area (Å²) in [6.07, 6.45) is 5.04. The smallest absolute Gasteiger partial charge is 0.228 e. The molecule has 1 aliphatic carbocycles. The second kappa shape index (κ2) is 6.20. The highest BCUT2D eigenvalue weighted by atomic mass is 16.5. The van der Waals surface area contributed by atoms with E-state index >= 15 is 0 Å². The molecule has 0 spiro atoms. The van der Waals surface area contributed by atoms with Crippen LogP contribution in [0.2, 0.25) is 0 Å². The lowest BCUT2D eigenvalue weighted by Crippen LogP contribution is -2.42. The quantitative estimate of drug-likeness (QED) is 0.880.